The molecule has 3 rings (SSSR count). The van der Waals surface area contributed by atoms with Crippen molar-refractivity contribution in [1.29, 1.82) is 0 Å². The molecule has 104 valence electrons. The summed E-state index contributed by atoms with van der Waals surface area (Å²) in [6.07, 6.45) is 6.61. The van der Waals surface area contributed by atoms with E-state index in [9.17, 15) is 0 Å². The molecule has 1 saturated carbocycles. The summed E-state index contributed by atoms with van der Waals surface area (Å²) >= 11 is 1.63. The molecule has 0 aliphatic heterocycles. The van der Waals surface area contributed by atoms with E-state index in [0.717, 1.165) is 48.8 Å². The molecule has 0 spiro atoms. The van der Waals surface area contributed by atoms with Crippen LogP contribution >= 0.6 is 11.3 Å². The van der Waals surface area contributed by atoms with Crippen molar-refractivity contribution in [3.8, 4) is 5.88 Å². The first-order chi connectivity index (χ1) is 9.28. The Balaban J connectivity index is 1.69. The third kappa shape index (κ3) is 2.61. The number of ether oxygens (including phenoxy) is 1. The molecule has 0 bridgehead atoms. The van der Waals surface area contributed by atoms with Crippen LogP contribution in [-0.4, -0.2) is 28.6 Å². The van der Waals surface area contributed by atoms with Crippen LogP contribution in [0.4, 0.5) is 0 Å². The van der Waals surface area contributed by atoms with E-state index in [1.54, 1.807) is 18.4 Å². The van der Waals surface area contributed by atoms with E-state index in [2.05, 4.69) is 14.7 Å². The van der Waals surface area contributed by atoms with Crippen molar-refractivity contribution in [1.82, 2.24) is 14.7 Å². The first kappa shape index (κ1) is 12.9. The molecule has 2 aromatic rings. The smallest absolute Gasteiger partial charge is 0.237 e. The fourth-order valence-electron chi connectivity index (χ4n) is 2.70. The fourth-order valence-corrected chi connectivity index (χ4v) is 3.43. The third-order valence-corrected chi connectivity index (χ3v) is 4.60. The van der Waals surface area contributed by atoms with E-state index in [1.807, 2.05) is 11.6 Å². The number of fused-ring (bicyclic) bond motifs is 1. The van der Waals surface area contributed by atoms with Gasteiger partial charge in [0.25, 0.3) is 0 Å². The summed E-state index contributed by atoms with van der Waals surface area (Å²) in [6.45, 7) is 0.793. The summed E-state index contributed by atoms with van der Waals surface area (Å²) in [5.41, 5.74) is 7.04. The Bertz CT molecular complexity index is 542. The standard InChI is InChI=1S/C13H20N4OS/c1-18-12-11(17-6-7-19-13(17)16-12)8-15-10-4-2-9(14)3-5-10/h6-7,9-10,15H,2-5,8,14H2,1H3. The Labute approximate surface area is 116 Å². The van der Waals surface area contributed by atoms with Gasteiger partial charge >= 0.3 is 0 Å². The van der Waals surface area contributed by atoms with Crippen LogP contribution in [0.25, 0.3) is 4.96 Å². The number of nitrogens with zero attached hydrogens (tertiary/aromatic N) is 2. The summed E-state index contributed by atoms with van der Waals surface area (Å²) in [4.78, 5) is 5.45. The van der Waals surface area contributed by atoms with Crippen molar-refractivity contribution < 1.29 is 4.74 Å². The summed E-state index contributed by atoms with van der Waals surface area (Å²) in [6, 6.07) is 0.958. The minimum atomic E-state index is 0.395. The van der Waals surface area contributed by atoms with Gasteiger partial charge in [0.05, 0.1) is 7.11 Å². The van der Waals surface area contributed by atoms with Gasteiger partial charge in [-0.1, -0.05) is 0 Å². The van der Waals surface area contributed by atoms with Gasteiger partial charge in [-0.25, -0.2) is 0 Å². The Morgan fingerprint density at radius 1 is 1.47 bits per heavy atom. The first-order valence-electron chi connectivity index (χ1n) is 6.75. The quantitative estimate of drug-likeness (QED) is 0.896. The highest BCUT2D eigenvalue weighted by Crippen LogP contribution is 2.24. The molecule has 1 aliphatic rings. The number of nitrogens with one attached hydrogen (secondary N) is 1. The predicted octanol–water partition coefficient (Wildman–Crippen LogP) is 1.76. The molecule has 1 aliphatic carbocycles. The zero-order valence-corrected chi connectivity index (χ0v) is 11.9. The number of hydrogen-bond acceptors (Lipinski definition) is 5. The second kappa shape index (κ2) is 5.48. The largest absolute Gasteiger partial charge is 0.480 e. The SMILES string of the molecule is COc1nc2sccn2c1CNC1CCC(N)CC1. The Morgan fingerprint density at radius 3 is 3.00 bits per heavy atom. The van der Waals surface area contributed by atoms with E-state index in [1.165, 1.54) is 0 Å². The lowest BCUT2D eigenvalue weighted by molar-refractivity contribution is 0.336. The predicted molar refractivity (Wildman–Crippen MR) is 76.7 cm³/mol. The second-order valence-electron chi connectivity index (χ2n) is 5.12. The molecule has 0 saturated heterocycles. The van der Waals surface area contributed by atoms with Crippen LogP contribution in [0.1, 0.15) is 31.4 Å². The average Bonchev–Trinajstić information content (AvgIpc) is 2.99. The van der Waals surface area contributed by atoms with E-state index >= 15 is 0 Å². The zero-order chi connectivity index (χ0) is 13.2. The van der Waals surface area contributed by atoms with Crippen molar-refractivity contribution in [3.63, 3.8) is 0 Å². The summed E-state index contributed by atoms with van der Waals surface area (Å²) < 4.78 is 7.46. The highest BCUT2D eigenvalue weighted by Gasteiger charge is 2.20. The van der Waals surface area contributed by atoms with Gasteiger partial charge in [0, 0.05) is 30.2 Å². The van der Waals surface area contributed by atoms with Gasteiger partial charge in [-0.2, -0.15) is 4.98 Å². The van der Waals surface area contributed by atoms with Crippen molar-refractivity contribution in [2.75, 3.05) is 7.11 Å². The van der Waals surface area contributed by atoms with E-state index in [-0.39, 0.29) is 0 Å². The third-order valence-electron chi connectivity index (χ3n) is 3.85. The van der Waals surface area contributed by atoms with Gasteiger partial charge < -0.3 is 15.8 Å². The maximum absolute atomic E-state index is 5.93. The van der Waals surface area contributed by atoms with Gasteiger partial charge in [0.2, 0.25) is 5.88 Å². The van der Waals surface area contributed by atoms with Crippen molar-refractivity contribution >= 4 is 16.3 Å². The van der Waals surface area contributed by atoms with Crippen molar-refractivity contribution in [2.24, 2.45) is 5.73 Å². The molecule has 2 aromatic heterocycles. The molecule has 3 N–H and O–H groups in total. The van der Waals surface area contributed by atoms with E-state index in [4.69, 9.17) is 10.5 Å². The van der Waals surface area contributed by atoms with Crippen LogP contribution in [-0.2, 0) is 6.54 Å². The zero-order valence-electron chi connectivity index (χ0n) is 11.1. The van der Waals surface area contributed by atoms with Gasteiger partial charge in [-0.3, -0.25) is 4.40 Å². The van der Waals surface area contributed by atoms with Crippen LogP contribution in [0.3, 0.4) is 0 Å². The molecule has 2 heterocycles. The molecule has 0 amide bonds. The summed E-state index contributed by atoms with van der Waals surface area (Å²) in [5, 5.41) is 5.66. The maximum atomic E-state index is 5.93. The fraction of sp³-hybridized carbons (Fsp3) is 0.615. The van der Waals surface area contributed by atoms with E-state index < -0.39 is 0 Å². The van der Waals surface area contributed by atoms with Crippen LogP contribution in [0.15, 0.2) is 11.6 Å². The van der Waals surface area contributed by atoms with Crippen LogP contribution in [0.2, 0.25) is 0 Å². The van der Waals surface area contributed by atoms with Crippen molar-refractivity contribution in [3.05, 3.63) is 17.3 Å². The normalized spacial score (nSPS) is 23.9. The molecule has 0 unspecified atom stereocenters. The highest BCUT2D eigenvalue weighted by molar-refractivity contribution is 7.15. The number of imidazole rings is 1. The lowest BCUT2D eigenvalue weighted by Gasteiger charge is -2.26. The van der Waals surface area contributed by atoms with Crippen LogP contribution in [0.5, 0.6) is 5.88 Å². The monoisotopic (exact) mass is 280 g/mol. The second-order valence-corrected chi connectivity index (χ2v) is 5.99. The number of hydrogen-bond donors (Lipinski definition) is 2. The average molecular weight is 280 g/mol. The lowest BCUT2D eigenvalue weighted by atomic mass is 9.92. The number of nitrogens with two attached hydrogens (primary N) is 1. The molecule has 1 fully saturated rings. The highest BCUT2D eigenvalue weighted by atomic mass is 32.1. The number of aromatic nitrogens is 2. The molecule has 0 radical (unpaired) electrons. The number of rotatable bonds is 4. The van der Waals surface area contributed by atoms with Gasteiger partial charge in [-0.15, -0.1) is 11.3 Å². The summed E-state index contributed by atoms with van der Waals surface area (Å²) in [5.74, 6) is 0.729. The van der Waals surface area contributed by atoms with Crippen LogP contribution < -0.4 is 15.8 Å². The molecular formula is C13H20N4OS. The van der Waals surface area contributed by atoms with Gasteiger partial charge in [0.15, 0.2) is 4.96 Å². The number of methoxy groups -OCH3 is 1. The minimum absolute atomic E-state index is 0.395. The summed E-state index contributed by atoms with van der Waals surface area (Å²) in [7, 11) is 1.68. The lowest BCUT2D eigenvalue weighted by Crippen LogP contribution is -2.37. The van der Waals surface area contributed by atoms with Crippen molar-refractivity contribution in [2.45, 2.75) is 44.3 Å². The molecular weight excluding hydrogens is 260 g/mol. The molecule has 0 atom stereocenters. The van der Waals surface area contributed by atoms with Gasteiger partial charge in [0.1, 0.15) is 5.69 Å². The Morgan fingerprint density at radius 2 is 2.26 bits per heavy atom. The topological polar surface area (TPSA) is 64.6 Å². The van der Waals surface area contributed by atoms with Gasteiger partial charge in [-0.05, 0) is 25.7 Å². The maximum Gasteiger partial charge on any atom is 0.237 e. The molecule has 6 heteroatoms. The molecule has 0 aromatic carbocycles. The Kier molecular flexibility index (Phi) is 3.72. The van der Waals surface area contributed by atoms with Crippen LogP contribution in [0, 0.1) is 0 Å². The molecule has 19 heavy (non-hydrogen) atoms. The minimum Gasteiger partial charge on any atom is -0.480 e. The first-order valence-corrected chi connectivity index (χ1v) is 7.63. The Hall–Kier alpha value is -1.11. The van der Waals surface area contributed by atoms with E-state index in [0.29, 0.717) is 12.1 Å². The number of thiazole rings is 1. The molecule has 5 nitrogen and oxygen atoms in total.